The number of alkyl halides is 2. The van der Waals surface area contributed by atoms with Gasteiger partial charge in [-0.1, -0.05) is 6.92 Å². The van der Waals surface area contributed by atoms with Crippen molar-refractivity contribution in [1.29, 1.82) is 0 Å². The summed E-state index contributed by atoms with van der Waals surface area (Å²) in [6.07, 6.45) is -2.95. The normalized spacial score (nSPS) is 15.5. The number of nitrogens with two attached hydrogens (primary N) is 1. The van der Waals surface area contributed by atoms with Gasteiger partial charge in [-0.3, -0.25) is 4.79 Å². The second kappa shape index (κ2) is 5.11. The molecule has 13 heavy (non-hydrogen) atoms. The molecule has 0 aliphatic rings. The molecule has 0 aromatic rings. The van der Waals surface area contributed by atoms with Gasteiger partial charge in [0.15, 0.2) is 0 Å². The first-order valence-corrected chi connectivity index (χ1v) is 4.10. The number of hydrogen-bond donors (Lipinski definition) is 1. The Morgan fingerprint density at radius 3 is 2.46 bits per heavy atom. The van der Waals surface area contributed by atoms with Crippen LogP contribution in [0.15, 0.2) is 0 Å². The average molecular weight is 195 g/mol. The molecule has 2 N–H and O–H groups in total. The second-order valence-electron chi connectivity index (χ2n) is 3.14. The van der Waals surface area contributed by atoms with E-state index >= 15 is 0 Å². The van der Waals surface area contributed by atoms with Gasteiger partial charge in [0.25, 0.3) is 0 Å². The van der Waals surface area contributed by atoms with E-state index in [4.69, 9.17) is 5.73 Å². The molecule has 5 heteroatoms. The molecule has 3 nitrogen and oxygen atoms in total. The lowest BCUT2D eigenvalue weighted by molar-refractivity contribution is -0.148. The van der Waals surface area contributed by atoms with Crippen molar-refractivity contribution >= 4 is 5.97 Å². The molecular weight excluding hydrogens is 180 g/mol. The van der Waals surface area contributed by atoms with E-state index in [2.05, 4.69) is 4.74 Å². The van der Waals surface area contributed by atoms with E-state index in [0.29, 0.717) is 0 Å². The summed E-state index contributed by atoms with van der Waals surface area (Å²) >= 11 is 0. The maximum atomic E-state index is 12.4. The molecule has 0 heterocycles. The SMILES string of the molecule is CCOC(=O)CC(C)(CN)C(F)F. The summed E-state index contributed by atoms with van der Waals surface area (Å²) in [5.41, 5.74) is 3.70. The summed E-state index contributed by atoms with van der Waals surface area (Å²) < 4.78 is 29.4. The van der Waals surface area contributed by atoms with E-state index in [9.17, 15) is 13.6 Å². The molecular formula is C8H15F2NO2. The number of carbonyl (C=O) groups excluding carboxylic acids is 1. The van der Waals surface area contributed by atoms with E-state index < -0.39 is 17.8 Å². The van der Waals surface area contributed by atoms with Crippen molar-refractivity contribution in [1.82, 2.24) is 0 Å². The zero-order valence-corrected chi connectivity index (χ0v) is 7.85. The molecule has 0 aromatic carbocycles. The van der Waals surface area contributed by atoms with Crippen molar-refractivity contribution in [3.63, 3.8) is 0 Å². The van der Waals surface area contributed by atoms with Crippen molar-refractivity contribution in [2.75, 3.05) is 13.2 Å². The summed E-state index contributed by atoms with van der Waals surface area (Å²) in [6, 6.07) is 0. The Hall–Kier alpha value is -0.710. The first kappa shape index (κ1) is 12.3. The van der Waals surface area contributed by atoms with Crippen molar-refractivity contribution in [2.24, 2.45) is 11.1 Å². The molecule has 0 bridgehead atoms. The first-order chi connectivity index (χ1) is 5.96. The second-order valence-corrected chi connectivity index (χ2v) is 3.14. The van der Waals surface area contributed by atoms with Crippen LogP contribution in [0.25, 0.3) is 0 Å². The third kappa shape index (κ3) is 3.67. The van der Waals surface area contributed by atoms with Crippen LogP contribution in [-0.2, 0) is 9.53 Å². The van der Waals surface area contributed by atoms with Crippen LogP contribution in [0.1, 0.15) is 20.3 Å². The molecule has 0 spiro atoms. The number of hydrogen-bond acceptors (Lipinski definition) is 3. The van der Waals surface area contributed by atoms with Gasteiger partial charge in [-0.15, -0.1) is 0 Å². The van der Waals surface area contributed by atoms with Crippen LogP contribution in [-0.4, -0.2) is 25.5 Å². The minimum Gasteiger partial charge on any atom is -0.466 e. The summed E-state index contributed by atoms with van der Waals surface area (Å²) in [4.78, 5) is 10.9. The Labute approximate surface area is 76.2 Å². The Kier molecular flexibility index (Phi) is 4.83. The highest BCUT2D eigenvalue weighted by molar-refractivity contribution is 5.70. The Morgan fingerprint density at radius 1 is 1.62 bits per heavy atom. The molecule has 0 aromatic heterocycles. The van der Waals surface area contributed by atoms with Crippen molar-refractivity contribution in [3.8, 4) is 0 Å². The van der Waals surface area contributed by atoms with E-state index in [-0.39, 0.29) is 19.6 Å². The van der Waals surface area contributed by atoms with Crippen LogP contribution >= 0.6 is 0 Å². The molecule has 78 valence electrons. The maximum Gasteiger partial charge on any atom is 0.306 e. The zero-order valence-electron chi connectivity index (χ0n) is 7.85. The maximum absolute atomic E-state index is 12.4. The quantitative estimate of drug-likeness (QED) is 0.670. The fraction of sp³-hybridized carbons (Fsp3) is 0.875. The number of halogens is 2. The Morgan fingerprint density at radius 2 is 2.15 bits per heavy atom. The highest BCUT2D eigenvalue weighted by atomic mass is 19.3. The average Bonchev–Trinajstić information content (AvgIpc) is 2.04. The Bertz CT molecular complexity index is 176. The fourth-order valence-electron chi connectivity index (χ4n) is 0.780. The van der Waals surface area contributed by atoms with Crippen molar-refractivity contribution < 1.29 is 18.3 Å². The van der Waals surface area contributed by atoms with E-state index in [1.807, 2.05) is 0 Å². The first-order valence-electron chi connectivity index (χ1n) is 4.10. The lowest BCUT2D eigenvalue weighted by Gasteiger charge is -2.25. The van der Waals surface area contributed by atoms with Gasteiger partial charge in [0, 0.05) is 6.54 Å². The van der Waals surface area contributed by atoms with Crippen LogP contribution in [0.3, 0.4) is 0 Å². The molecule has 1 atom stereocenters. The van der Waals surface area contributed by atoms with Crippen LogP contribution in [0.4, 0.5) is 8.78 Å². The lowest BCUT2D eigenvalue weighted by Crippen LogP contribution is -2.37. The lowest BCUT2D eigenvalue weighted by atomic mass is 9.87. The molecule has 0 rings (SSSR count). The van der Waals surface area contributed by atoms with Gasteiger partial charge in [-0.25, -0.2) is 8.78 Å². The summed E-state index contributed by atoms with van der Waals surface area (Å²) in [7, 11) is 0. The highest BCUT2D eigenvalue weighted by Gasteiger charge is 2.36. The number of ether oxygens (including phenoxy) is 1. The predicted molar refractivity (Wildman–Crippen MR) is 44.4 cm³/mol. The van der Waals surface area contributed by atoms with E-state index in [1.54, 1.807) is 6.92 Å². The minimum absolute atomic E-state index is 0.197. The monoisotopic (exact) mass is 195 g/mol. The molecule has 0 saturated carbocycles. The molecule has 0 saturated heterocycles. The minimum atomic E-state index is -2.61. The van der Waals surface area contributed by atoms with Crippen molar-refractivity contribution in [2.45, 2.75) is 26.7 Å². The topological polar surface area (TPSA) is 52.3 Å². The van der Waals surface area contributed by atoms with Gasteiger partial charge >= 0.3 is 5.97 Å². The number of carbonyl (C=O) groups is 1. The van der Waals surface area contributed by atoms with E-state index in [1.165, 1.54) is 6.92 Å². The zero-order chi connectivity index (χ0) is 10.5. The van der Waals surface area contributed by atoms with Crippen molar-refractivity contribution in [3.05, 3.63) is 0 Å². The summed E-state index contributed by atoms with van der Waals surface area (Å²) in [5, 5.41) is 0. The number of rotatable bonds is 5. The fourth-order valence-corrected chi connectivity index (χ4v) is 0.780. The smallest absolute Gasteiger partial charge is 0.306 e. The predicted octanol–water partition coefficient (Wildman–Crippen LogP) is 1.17. The summed E-state index contributed by atoms with van der Waals surface area (Å²) in [6.45, 7) is 2.86. The molecule has 0 amide bonds. The molecule has 1 unspecified atom stereocenters. The third-order valence-corrected chi connectivity index (χ3v) is 1.85. The van der Waals surface area contributed by atoms with Crippen LogP contribution < -0.4 is 5.73 Å². The molecule has 0 radical (unpaired) electrons. The van der Waals surface area contributed by atoms with Gasteiger partial charge in [0.05, 0.1) is 18.4 Å². The number of esters is 1. The van der Waals surface area contributed by atoms with Gasteiger partial charge in [-0.2, -0.15) is 0 Å². The van der Waals surface area contributed by atoms with Crippen LogP contribution in [0.2, 0.25) is 0 Å². The molecule has 0 fully saturated rings. The molecule has 0 aliphatic heterocycles. The van der Waals surface area contributed by atoms with Gasteiger partial charge in [0.1, 0.15) is 0 Å². The van der Waals surface area contributed by atoms with Crippen LogP contribution in [0.5, 0.6) is 0 Å². The van der Waals surface area contributed by atoms with Gasteiger partial charge < -0.3 is 10.5 Å². The third-order valence-electron chi connectivity index (χ3n) is 1.85. The molecule has 0 aliphatic carbocycles. The summed E-state index contributed by atoms with van der Waals surface area (Å²) in [5.74, 6) is -0.629. The van der Waals surface area contributed by atoms with E-state index in [0.717, 1.165) is 0 Å². The standard InChI is InChI=1S/C8H15F2NO2/c1-3-13-6(12)4-8(2,5-11)7(9)10/h7H,3-5,11H2,1-2H3. The van der Waals surface area contributed by atoms with Gasteiger partial charge in [0.2, 0.25) is 6.43 Å². The Balaban J connectivity index is 4.19. The van der Waals surface area contributed by atoms with Gasteiger partial charge in [-0.05, 0) is 6.92 Å². The highest BCUT2D eigenvalue weighted by Crippen LogP contribution is 2.28. The largest absolute Gasteiger partial charge is 0.466 e. The van der Waals surface area contributed by atoms with Crippen LogP contribution in [0, 0.1) is 5.41 Å².